The molecule has 0 aliphatic carbocycles. The summed E-state index contributed by atoms with van der Waals surface area (Å²) in [7, 11) is 1.59. The van der Waals surface area contributed by atoms with E-state index in [4.69, 9.17) is 4.74 Å². The maximum atomic E-state index is 13.5. The average molecular weight is 253 g/mol. The number of rotatable bonds is 9. The van der Waals surface area contributed by atoms with Crippen molar-refractivity contribution in [2.24, 2.45) is 0 Å². The quantitative estimate of drug-likeness (QED) is 0.649. The summed E-state index contributed by atoms with van der Waals surface area (Å²) in [5.74, 6) is 0.462. The second kappa shape index (κ2) is 8.78. The number of anilines is 1. The maximum absolute atomic E-state index is 13.5. The van der Waals surface area contributed by atoms with E-state index < -0.39 is 0 Å². The zero-order chi connectivity index (χ0) is 13.2. The summed E-state index contributed by atoms with van der Waals surface area (Å²) < 4.78 is 18.5. The van der Waals surface area contributed by atoms with Crippen molar-refractivity contribution in [1.29, 1.82) is 0 Å². The van der Waals surface area contributed by atoms with Gasteiger partial charge >= 0.3 is 0 Å². The average Bonchev–Trinajstić information content (AvgIpc) is 2.39. The topological polar surface area (TPSA) is 21.3 Å². The molecule has 0 aromatic heterocycles. The minimum Gasteiger partial charge on any atom is -0.497 e. The number of hydrogen-bond acceptors (Lipinski definition) is 2. The van der Waals surface area contributed by atoms with E-state index in [1.807, 2.05) is 0 Å². The van der Waals surface area contributed by atoms with Gasteiger partial charge < -0.3 is 10.1 Å². The van der Waals surface area contributed by atoms with E-state index in [0.29, 0.717) is 11.4 Å². The fourth-order valence-electron chi connectivity index (χ4n) is 1.90. The van der Waals surface area contributed by atoms with Crippen LogP contribution in [0.15, 0.2) is 18.2 Å². The summed E-state index contributed by atoms with van der Waals surface area (Å²) in [6.45, 7) is 3.03. The van der Waals surface area contributed by atoms with Crippen molar-refractivity contribution in [3.8, 4) is 5.75 Å². The lowest BCUT2D eigenvalue weighted by Crippen LogP contribution is -2.03. The Morgan fingerprint density at radius 2 is 1.83 bits per heavy atom. The van der Waals surface area contributed by atoms with Crippen LogP contribution in [0.1, 0.15) is 45.4 Å². The Bertz CT molecular complexity index is 341. The monoisotopic (exact) mass is 253 g/mol. The molecule has 0 unspecified atom stereocenters. The molecule has 0 aliphatic rings. The first-order valence-corrected chi connectivity index (χ1v) is 6.85. The Hall–Kier alpha value is -1.25. The van der Waals surface area contributed by atoms with E-state index in [2.05, 4.69) is 12.2 Å². The highest BCUT2D eigenvalue weighted by Crippen LogP contribution is 2.21. The lowest BCUT2D eigenvalue weighted by molar-refractivity contribution is 0.414. The Kier molecular flexibility index (Phi) is 7.23. The molecular formula is C15H24FNO. The molecule has 1 rings (SSSR count). The lowest BCUT2D eigenvalue weighted by Gasteiger charge is -2.09. The molecule has 18 heavy (non-hydrogen) atoms. The summed E-state index contributed by atoms with van der Waals surface area (Å²) >= 11 is 0. The van der Waals surface area contributed by atoms with Crippen LogP contribution in [-0.2, 0) is 0 Å². The summed E-state index contributed by atoms with van der Waals surface area (Å²) in [6, 6.07) is 4.76. The van der Waals surface area contributed by atoms with E-state index in [9.17, 15) is 4.39 Å². The predicted octanol–water partition coefficient (Wildman–Crippen LogP) is 4.61. The van der Waals surface area contributed by atoms with Gasteiger partial charge in [-0.05, 0) is 18.6 Å². The number of hydrogen-bond donors (Lipinski definition) is 1. The normalized spacial score (nSPS) is 10.4. The van der Waals surface area contributed by atoms with Crippen LogP contribution in [-0.4, -0.2) is 13.7 Å². The van der Waals surface area contributed by atoms with Gasteiger partial charge in [-0.15, -0.1) is 0 Å². The van der Waals surface area contributed by atoms with Gasteiger partial charge in [0.1, 0.15) is 11.6 Å². The molecule has 0 saturated carbocycles. The zero-order valence-corrected chi connectivity index (χ0v) is 11.5. The number of nitrogens with one attached hydrogen (secondary N) is 1. The fourth-order valence-corrected chi connectivity index (χ4v) is 1.90. The van der Waals surface area contributed by atoms with Crippen molar-refractivity contribution in [3.05, 3.63) is 24.0 Å². The maximum Gasteiger partial charge on any atom is 0.146 e. The third-order valence-electron chi connectivity index (χ3n) is 3.02. The van der Waals surface area contributed by atoms with Gasteiger partial charge in [-0.1, -0.05) is 39.0 Å². The summed E-state index contributed by atoms with van der Waals surface area (Å²) in [6.07, 6.45) is 7.46. The molecule has 0 aliphatic heterocycles. The van der Waals surface area contributed by atoms with Gasteiger partial charge in [0.15, 0.2) is 0 Å². The van der Waals surface area contributed by atoms with Crippen molar-refractivity contribution in [2.75, 3.05) is 19.0 Å². The van der Waals surface area contributed by atoms with Crippen LogP contribution in [0.4, 0.5) is 10.1 Å². The molecule has 2 nitrogen and oxygen atoms in total. The van der Waals surface area contributed by atoms with Crippen LogP contribution in [0.2, 0.25) is 0 Å². The van der Waals surface area contributed by atoms with Gasteiger partial charge in [0, 0.05) is 12.6 Å². The van der Waals surface area contributed by atoms with E-state index in [1.54, 1.807) is 19.2 Å². The van der Waals surface area contributed by atoms with E-state index in [1.165, 1.54) is 38.2 Å². The molecule has 3 heteroatoms. The third kappa shape index (κ3) is 5.39. The first-order valence-electron chi connectivity index (χ1n) is 6.85. The van der Waals surface area contributed by atoms with Gasteiger partial charge in [-0.2, -0.15) is 0 Å². The van der Waals surface area contributed by atoms with E-state index >= 15 is 0 Å². The Labute approximate surface area is 110 Å². The number of halogens is 1. The minimum absolute atomic E-state index is 0.221. The summed E-state index contributed by atoms with van der Waals surface area (Å²) in [5, 5.41) is 3.12. The Morgan fingerprint density at radius 1 is 1.11 bits per heavy atom. The van der Waals surface area contributed by atoms with Gasteiger partial charge in [-0.25, -0.2) is 4.39 Å². The number of unbranched alkanes of at least 4 members (excludes halogenated alkanes) is 5. The second-order valence-electron chi connectivity index (χ2n) is 4.54. The molecule has 0 bridgehead atoms. The van der Waals surface area contributed by atoms with Crippen molar-refractivity contribution >= 4 is 5.69 Å². The molecule has 1 N–H and O–H groups in total. The van der Waals surface area contributed by atoms with E-state index in [-0.39, 0.29) is 5.82 Å². The van der Waals surface area contributed by atoms with Crippen molar-refractivity contribution < 1.29 is 9.13 Å². The third-order valence-corrected chi connectivity index (χ3v) is 3.02. The molecule has 0 fully saturated rings. The summed E-state index contributed by atoms with van der Waals surface area (Å²) in [5.41, 5.74) is 0.530. The highest BCUT2D eigenvalue weighted by molar-refractivity contribution is 5.49. The fraction of sp³-hybridized carbons (Fsp3) is 0.600. The van der Waals surface area contributed by atoms with Gasteiger partial charge in [0.05, 0.1) is 12.8 Å². The molecule has 102 valence electrons. The van der Waals surface area contributed by atoms with Crippen molar-refractivity contribution in [2.45, 2.75) is 45.4 Å². The number of methoxy groups -OCH3 is 1. The largest absolute Gasteiger partial charge is 0.497 e. The van der Waals surface area contributed by atoms with Crippen LogP contribution in [0.5, 0.6) is 5.75 Å². The smallest absolute Gasteiger partial charge is 0.146 e. The van der Waals surface area contributed by atoms with Crippen molar-refractivity contribution in [1.82, 2.24) is 0 Å². The van der Waals surface area contributed by atoms with Gasteiger partial charge in [0.25, 0.3) is 0 Å². The molecule has 0 radical (unpaired) electrons. The second-order valence-corrected chi connectivity index (χ2v) is 4.54. The standard InChI is InChI=1S/C15H24FNO/c1-3-4-5-6-7-8-11-17-15-12-13(18-2)9-10-14(15)16/h9-10,12,17H,3-8,11H2,1-2H3. The Morgan fingerprint density at radius 3 is 2.56 bits per heavy atom. The first kappa shape index (κ1) is 14.8. The molecule has 0 amide bonds. The molecule has 0 atom stereocenters. The van der Waals surface area contributed by atoms with Crippen LogP contribution >= 0.6 is 0 Å². The van der Waals surface area contributed by atoms with Gasteiger partial charge in [0.2, 0.25) is 0 Å². The molecule has 1 aromatic carbocycles. The van der Waals surface area contributed by atoms with Crippen LogP contribution in [0.25, 0.3) is 0 Å². The lowest BCUT2D eigenvalue weighted by atomic mass is 10.1. The van der Waals surface area contributed by atoms with Crippen LogP contribution in [0.3, 0.4) is 0 Å². The van der Waals surface area contributed by atoms with Crippen molar-refractivity contribution in [3.63, 3.8) is 0 Å². The highest BCUT2D eigenvalue weighted by Gasteiger charge is 2.02. The van der Waals surface area contributed by atoms with Crippen LogP contribution < -0.4 is 10.1 Å². The summed E-state index contributed by atoms with van der Waals surface area (Å²) in [4.78, 5) is 0. The zero-order valence-electron chi connectivity index (χ0n) is 11.5. The molecule has 1 aromatic rings. The predicted molar refractivity (Wildman–Crippen MR) is 74.8 cm³/mol. The van der Waals surface area contributed by atoms with E-state index in [0.717, 1.165) is 13.0 Å². The van der Waals surface area contributed by atoms with Gasteiger partial charge in [-0.3, -0.25) is 0 Å². The highest BCUT2D eigenvalue weighted by atomic mass is 19.1. The number of benzene rings is 1. The molecular weight excluding hydrogens is 229 g/mol. The minimum atomic E-state index is -0.221. The SMILES string of the molecule is CCCCCCCCNc1cc(OC)ccc1F. The number of ether oxygens (including phenoxy) is 1. The molecule has 0 spiro atoms. The Balaban J connectivity index is 2.22. The first-order chi connectivity index (χ1) is 8.77. The molecule has 0 heterocycles. The molecule has 0 saturated heterocycles. The van der Waals surface area contributed by atoms with Crippen LogP contribution in [0, 0.1) is 5.82 Å².